The molecule has 2 aliphatic rings. The van der Waals surface area contributed by atoms with E-state index in [-0.39, 0.29) is 12.1 Å². The van der Waals surface area contributed by atoms with Crippen molar-refractivity contribution in [3.8, 4) is 0 Å². The molecule has 2 amide bonds. The number of fused-ring (bicyclic) bond motifs is 1. The molecular weight excluding hydrogens is 424 g/mol. The second-order valence-corrected chi connectivity index (χ2v) is 8.50. The number of pyridine rings is 1. The number of halogens is 1. The molecule has 3 aromatic rings. The Morgan fingerprint density at radius 3 is 2.62 bits per heavy atom. The van der Waals surface area contributed by atoms with Gasteiger partial charge in [0.15, 0.2) is 0 Å². The standard InChI is InChI=1S/C24H23ClN6O/c1-16-14-30(10-11-31(16)24(32)29-20-4-2-19(25)3-5-20)23-21-12-18(13-22(21)27-15-28-23)17-6-8-26-9-7-17/h2-9,12,15-16H,10-11,13-14H2,1H3,(H,29,32)/t16-/m1/s1. The number of aromatic nitrogens is 3. The third-order valence-electron chi connectivity index (χ3n) is 5.96. The lowest BCUT2D eigenvalue weighted by atomic mass is 10.1. The van der Waals surface area contributed by atoms with E-state index in [0.717, 1.165) is 34.7 Å². The van der Waals surface area contributed by atoms with Crippen LogP contribution in [0.2, 0.25) is 5.02 Å². The van der Waals surface area contributed by atoms with E-state index < -0.39 is 0 Å². The Kier molecular flexibility index (Phi) is 5.49. The summed E-state index contributed by atoms with van der Waals surface area (Å²) in [5, 5.41) is 3.60. The molecule has 8 heteroatoms. The summed E-state index contributed by atoms with van der Waals surface area (Å²) in [6.45, 7) is 4.09. The molecule has 1 saturated heterocycles. The Bertz CT molecular complexity index is 1160. The van der Waals surface area contributed by atoms with Crippen LogP contribution in [0.3, 0.4) is 0 Å². The van der Waals surface area contributed by atoms with Gasteiger partial charge in [0.25, 0.3) is 0 Å². The molecule has 0 spiro atoms. The van der Waals surface area contributed by atoms with Gasteiger partial charge in [0, 0.05) is 60.8 Å². The summed E-state index contributed by atoms with van der Waals surface area (Å²) < 4.78 is 0. The molecule has 1 fully saturated rings. The molecule has 162 valence electrons. The number of piperazine rings is 1. The van der Waals surface area contributed by atoms with Gasteiger partial charge in [-0.1, -0.05) is 11.6 Å². The average Bonchev–Trinajstić information content (AvgIpc) is 3.25. The third-order valence-corrected chi connectivity index (χ3v) is 6.21. The molecule has 0 radical (unpaired) electrons. The van der Waals surface area contributed by atoms with Crippen molar-refractivity contribution in [1.29, 1.82) is 0 Å². The minimum absolute atomic E-state index is 0.0340. The zero-order valence-corrected chi connectivity index (χ0v) is 18.5. The van der Waals surface area contributed by atoms with Crippen LogP contribution < -0.4 is 10.2 Å². The number of rotatable bonds is 3. The Hall–Kier alpha value is -3.45. The summed E-state index contributed by atoms with van der Waals surface area (Å²) in [7, 11) is 0. The smallest absolute Gasteiger partial charge is 0.322 e. The third kappa shape index (κ3) is 4.03. The van der Waals surface area contributed by atoms with Gasteiger partial charge in [0.05, 0.1) is 5.69 Å². The first-order valence-corrected chi connectivity index (χ1v) is 11.0. The SMILES string of the molecule is C[C@@H]1CN(c2ncnc3c2C=C(c2ccncc2)C3)CCN1C(=O)Nc1ccc(Cl)cc1. The maximum atomic E-state index is 12.8. The zero-order chi connectivity index (χ0) is 22.1. The van der Waals surface area contributed by atoms with E-state index in [4.69, 9.17) is 11.6 Å². The molecule has 1 aromatic carbocycles. The van der Waals surface area contributed by atoms with Crippen molar-refractivity contribution in [2.45, 2.75) is 19.4 Å². The summed E-state index contributed by atoms with van der Waals surface area (Å²) in [4.78, 5) is 30.2. The van der Waals surface area contributed by atoms with E-state index in [2.05, 4.69) is 38.2 Å². The van der Waals surface area contributed by atoms with Crippen molar-refractivity contribution in [1.82, 2.24) is 19.9 Å². The summed E-state index contributed by atoms with van der Waals surface area (Å²) >= 11 is 5.93. The first kappa shape index (κ1) is 20.5. The van der Waals surface area contributed by atoms with Crippen LogP contribution in [0.5, 0.6) is 0 Å². The van der Waals surface area contributed by atoms with Crippen LogP contribution in [0.25, 0.3) is 11.6 Å². The molecule has 0 bridgehead atoms. The van der Waals surface area contributed by atoms with Gasteiger partial charge in [0.1, 0.15) is 12.1 Å². The number of nitrogens with zero attached hydrogens (tertiary/aromatic N) is 5. The molecule has 5 rings (SSSR count). The first-order valence-electron chi connectivity index (χ1n) is 10.6. The fourth-order valence-corrected chi connectivity index (χ4v) is 4.43. The van der Waals surface area contributed by atoms with E-state index >= 15 is 0 Å². The van der Waals surface area contributed by atoms with E-state index in [1.54, 1.807) is 30.6 Å². The molecule has 0 saturated carbocycles. The Morgan fingerprint density at radius 1 is 1.09 bits per heavy atom. The molecule has 0 unspecified atom stereocenters. The van der Waals surface area contributed by atoms with Crippen molar-refractivity contribution in [2.24, 2.45) is 0 Å². The number of amides is 2. The summed E-state index contributed by atoms with van der Waals surface area (Å²) in [5.74, 6) is 0.934. The monoisotopic (exact) mass is 446 g/mol. The van der Waals surface area contributed by atoms with Crippen LogP contribution in [0.15, 0.2) is 55.1 Å². The maximum Gasteiger partial charge on any atom is 0.322 e. The molecule has 7 nitrogen and oxygen atoms in total. The van der Waals surface area contributed by atoms with Crippen molar-refractivity contribution in [3.05, 3.63) is 77.0 Å². The highest BCUT2D eigenvalue weighted by Crippen LogP contribution is 2.35. The van der Waals surface area contributed by atoms with Crippen molar-refractivity contribution < 1.29 is 4.79 Å². The molecule has 2 aromatic heterocycles. The van der Waals surface area contributed by atoms with Crippen molar-refractivity contribution in [2.75, 3.05) is 29.9 Å². The van der Waals surface area contributed by atoms with Crippen LogP contribution in [0.4, 0.5) is 16.3 Å². The quantitative estimate of drug-likeness (QED) is 0.646. The maximum absolute atomic E-state index is 12.8. The van der Waals surface area contributed by atoms with Crippen molar-refractivity contribution >= 4 is 40.8 Å². The summed E-state index contributed by atoms with van der Waals surface area (Å²) in [6.07, 6.45) is 8.23. The number of anilines is 2. The summed E-state index contributed by atoms with van der Waals surface area (Å²) in [6, 6.07) is 11.1. The number of benzene rings is 1. The number of urea groups is 1. The lowest BCUT2D eigenvalue weighted by molar-refractivity contribution is 0.184. The number of allylic oxidation sites excluding steroid dienone is 1. The van der Waals surface area contributed by atoms with Gasteiger partial charge in [-0.05, 0) is 60.5 Å². The Morgan fingerprint density at radius 2 is 1.88 bits per heavy atom. The number of hydrogen-bond acceptors (Lipinski definition) is 5. The minimum Gasteiger partial charge on any atom is -0.352 e. The molecule has 1 atom stereocenters. The number of hydrogen-bond donors (Lipinski definition) is 1. The van der Waals surface area contributed by atoms with Crippen LogP contribution in [-0.4, -0.2) is 51.6 Å². The van der Waals surface area contributed by atoms with Gasteiger partial charge >= 0.3 is 6.03 Å². The Labute approximate surface area is 191 Å². The molecular formula is C24H23ClN6O. The number of carbonyl (C=O) groups excluding carboxylic acids is 1. The molecule has 1 aliphatic carbocycles. The number of nitrogens with one attached hydrogen (secondary N) is 1. The van der Waals surface area contributed by atoms with Gasteiger partial charge in [-0.2, -0.15) is 0 Å². The second kappa shape index (κ2) is 8.59. The van der Waals surface area contributed by atoms with E-state index in [0.29, 0.717) is 24.7 Å². The van der Waals surface area contributed by atoms with Gasteiger partial charge in [0.2, 0.25) is 0 Å². The lowest BCUT2D eigenvalue weighted by Gasteiger charge is -2.40. The molecule has 32 heavy (non-hydrogen) atoms. The first-order chi connectivity index (χ1) is 15.6. The van der Waals surface area contributed by atoms with E-state index in [1.807, 2.05) is 29.4 Å². The van der Waals surface area contributed by atoms with Crippen LogP contribution in [-0.2, 0) is 6.42 Å². The predicted octanol–water partition coefficient (Wildman–Crippen LogP) is 4.36. The zero-order valence-electron chi connectivity index (χ0n) is 17.7. The van der Waals surface area contributed by atoms with Gasteiger partial charge < -0.3 is 15.1 Å². The largest absolute Gasteiger partial charge is 0.352 e. The second-order valence-electron chi connectivity index (χ2n) is 8.07. The van der Waals surface area contributed by atoms with Crippen molar-refractivity contribution in [3.63, 3.8) is 0 Å². The fourth-order valence-electron chi connectivity index (χ4n) is 4.30. The highest BCUT2D eigenvalue weighted by atomic mass is 35.5. The minimum atomic E-state index is -0.104. The van der Waals surface area contributed by atoms with Crippen LogP contribution >= 0.6 is 11.6 Å². The van der Waals surface area contributed by atoms with Gasteiger partial charge in [-0.25, -0.2) is 14.8 Å². The topological polar surface area (TPSA) is 74.2 Å². The highest BCUT2D eigenvalue weighted by molar-refractivity contribution is 6.30. The molecule has 1 aliphatic heterocycles. The van der Waals surface area contributed by atoms with Gasteiger partial charge in [-0.15, -0.1) is 0 Å². The van der Waals surface area contributed by atoms with Gasteiger partial charge in [-0.3, -0.25) is 4.98 Å². The molecule has 1 N–H and O–H groups in total. The predicted molar refractivity (Wildman–Crippen MR) is 127 cm³/mol. The Balaban J connectivity index is 1.30. The fraction of sp³-hybridized carbons (Fsp3) is 0.250. The average molecular weight is 447 g/mol. The highest BCUT2D eigenvalue weighted by Gasteiger charge is 2.30. The van der Waals surface area contributed by atoms with E-state index in [1.165, 1.54) is 5.57 Å². The normalized spacial score (nSPS) is 17.7. The lowest BCUT2D eigenvalue weighted by Crippen LogP contribution is -2.55. The van der Waals surface area contributed by atoms with E-state index in [9.17, 15) is 4.79 Å². The van der Waals surface area contributed by atoms with Crippen LogP contribution in [0.1, 0.15) is 23.7 Å². The van der Waals surface area contributed by atoms with Crippen LogP contribution in [0, 0.1) is 0 Å². The number of carbonyl (C=O) groups is 1. The summed E-state index contributed by atoms with van der Waals surface area (Å²) in [5.41, 5.74) is 5.22. The molecule has 3 heterocycles.